The Hall–Kier alpha value is -0.610. The van der Waals surface area contributed by atoms with Crippen LogP contribution in [-0.2, 0) is 4.79 Å². The zero-order chi connectivity index (χ0) is 14.3. The zero-order valence-corrected chi connectivity index (χ0v) is 12.5. The highest BCUT2D eigenvalue weighted by atomic mass is 16.3. The van der Waals surface area contributed by atoms with E-state index in [0.717, 1.165) is 38.5 Å². The molecular formula is C15H30N2O2. The van der Waals surface area contributed by atoms with Gasteiger partial charge in [-0.25, -0.2) is 0 Å². The van der Waals surface area contributed by atoms with Crippen LogP contribution in [0.5, 0.6) is 0 Å². The number of nitrogens with two attached hydrogens (primary N) is 1. The van der Waals surface area contributed by atoms with Crippen LogP contribution in [0.4, 0.5) is 0 Å². The molecule has 1 saturated carbocycles. The van der Waals surface area contributed by atoms with Crippen LogP contribution in [0.25, 0.3) is 0 Å². The largest absolute Gasteiger partial charge is 0.394 e. The summed E-state index contributed by atoms with van der Waals surface area (Å²) in [7, 11) is 0. The van der Waals surface area contributed by atoms with Crippen LogP contribution in [0, 0.1) is 11.8 Å². The van der Waals surface area contributed by atoms with Crippen LogP contribution in [0.1, 0.15) is 58.8 Å². The summed E-state index contributed by atoms with van der Waals surface area (Å²) in [4.78, 5) is 12.0. The number of rotatable bonds is 8. The molecule has 1 amide bonds. The monoisotopic (exact) mass is 270 g/mol. The van der Waals surface area contributed by atoms with Crippen molar-refractivity contribution < 1.29 is 9.90 Å². The van der Waals surface area contributed by atoms with Crippen molar-refractivity contribution in [3.8, 4) is 0 Å². The SMILES string of the molecule is CC(C)C(CCN)CCC(=O)NC1(CO)CCCC1. The van der Waals surface area contributed by atoms with E-state index in [1.54, 1.807) is 0 Å². The zero-order valence-electron chi connectivity index (χ0n) is 12.5. The van der Waals surface area contributed by atoms with Crippen molar-refractivity contribution in [1.29, 1.82) is 0 Å². The maximum atomic E-state index is 12.0. The van der Waals surface area contributed by atoms with Crippen molar-refractivity contribution in [3.63, 3.8) is 0 Å². The van der Waals surface area contributed by atoms with Crippen molar-refractivity contribution in [2.45, 2.75) is 64.3 Å². The Balaban J connectivity index is 2.37. The molecule has 0 heterocycles. The maximum Gasteiger partial charge on any atom is 0.220 e. The van der Waals surface area contributed by atoms with Gasteiger partial charge in [0.2, 0.25) is 5.91 Å². The van der Waals surface area contributed by atoms with Gasteiger partial charge in [-0.05, 0) is 44.1 Å². The molecule has 1 atom stereocenters. The molecular weight excluding hydrogens is 240 g/mol. The molecule has 0 aromatic rings. The van der Waals surface area contributed by atoms with E-state index in [4.69, 9.17) is 5.73 Å². The molecule has 19 heavy (non-hydrogen) atoms. The first kappa shape index (κ1) is 16.4. The maximum absolute atomic E-state index is 12.0. The minimum atomic E-state index is -0.335. The van der Waals surface area contributed by atoms with Gasteiger partial charge in [0.15, 0.2) is 0 Å². The van der Waals surface area contributed by atoms with Crippen LogP contribution in [0.15, 0.2) is 0 Å². The third-order valence-corrected chi connectivity index (χ3v) is 4.49. The highest BCUT2D eigenvalue weighted by Crippen LogP contribution is 2.29. The van der Waals surface area contributed by atoms with Crippen molar-refractivity contribution in [1.82, 2.24) is 5.32 Å². The normalized spacial score (nSPS) is 19.6. The van der Waals surface area contributed by atoms with Crippen LogP contribution in [-0.4, -0.2) is 29.7 Å². The van der Waals surface area contributed by atoms with Crippen molar-refractivity contribution in [2.75, 3.05) is 13.2 Å². The number of hydrogen-bond donors (Lipinski definition) is 3. The average Bonchev–Trinajstić information content (AvgIpc) is 2.83. The molecule has 0 aromatic heterocycles. The quantitative estimate of drug-likeness (QED) is 0.629. The Bertz CT molecular complexity index is 273. The summed E-state index contributed by atoms with van der Waals surface area (Å²) in [6.07, 6.45) is 6.44. The van der Waals surface area contributed by atoms with Crippen LogP contribution in [0.3, 0.4) is 0 Å². The van der Waals surface area contributed by atoms with E-state index in [9.17, 15) is 9.90 Å². The summed E-state index contributed by atoms with van der Waals surface area (Å²) >= 11 is 0. The second-order valence-electron chi connectivity index (χ2n) is 6.31. The molecule has 0 aliphatic heterocycles. The lowest BCUT2D eigenvalue weighted by Crippen LogP contribution is -2.49. The molecule has 0 bridgehead atoms. The highest BCUT2D eigenvalue weighted by molar-refractivity contribution is 5.76. The molecule has 0 aromatic carbocycles. The molecule has 4 nitrogen and oxygen atoms in total. The summed E-state index contributed by atoms with van der Waals surface area (Å²) in [6.45, 7) is 5.12. The number of nitrogens with one attached hydrogen (secondary N) is 1. The van der Waals surface area contributed by atoms with Gasteiger partial charge >= 0.3 is 0 Å². The standard InChI is InChI=1S/C15H30N2O2/c1-12(2)13(7-10-16)5-6-14(19)17-15(11-18)8-3-4-9-15/h12-13,18H,3-11,16H2,1-2H3,(H,17,19). The molecule has 0 radical (unpaired) electrons. The van der Waals surface area contributed by atoms with E-state index < -0.39 is 0 Å². The van der Waals surface area contributed by atoms with Gasteiger partial charge in [0.25, 0.3) is 0 Å². The smallest absolute Gasteiger partial charge is 0.220 e. The predicted molar refractivity (Wildman–Crippen MR) is 77.7 cm³/mol. The lowest BCUT2D eigenvalue weighted by molar-refractivity contribution is -0.124. The number of hydrogen-bond acceptors (Lipinski definition) is 3. The first-order valence-electron chi connectivity index (χ1n) is 7.65. The van der Waals surface area contributed by atoms with E-state index in [0.29, 0.717) is 24.8 Å². The molecule has 1 unspecified atom stereocenters. The molecule has 0 saturated heterocycles. The topological polar surface area (TPSA) is 75.4 Å². The molecule has 112 valence electrons. The number of aliphatic hydroxyl groups excluding tert-OH is 1. The Morgan fingerprint density at radius 1 is 1.32 bits per heavy atom. The molecule has 1 fully saturated rings. The molecule has 1 aliphatic rings. The Morgan fingerprint density at radius 3 is 2.42 bits per heavy atom. The number of amides is 1. The fourth-order valence-electron chi connectivity index (χ4n) is 3.07. The summed E-state index contributed by atoms with van der Waals surface area (Å²) in [5.41, 5.74) is 5.28. The van der Waals surface area contributed by atoms with Gasteiger partial charge in [-0.3, -0.25) is 4.79 Å². The van der Waals surface area contributed by atoms with Crippen molar-refractivity contribution >= 4 is 5.91 Å². The Labute approximate surface area is 117 Å². The van der Waals surface area contributed by atoms with Crippen LogP contribution in [0.2, 0.25) is 0 Å². The van der Waals surface area contributed by atoms with Gasteiger partial charge in [0, 0.05) is 6.42 Å². The Kier molecular flexibility index (Phi) is 6.80. The summed E-state index contributed by atoms with van der Waals surface area (Å²) < 4.78 is 0. The minimum Gasteiger partial charge on any atom is -0.394 e. The van der Waals surface area contributed by atoms with Gasteiger partial charge in [0.05, 0.1) is 12.1 Å². The number of aliphatic hydroxyl groups is 1. The summed E-state index contributed by atoms with van der Waals surface area (Å²) in [5, 5.41) is 12.5. The molecule has 4 heteroatoms. The van der Waals surface area contributed by atoms with Crippen molar-refractivity contribution in [3.05, 3.63) is 0 Å². The van der Waals surface area contributed by atoms with E-state index in [1.807, 2.05) is 0 Å². The Morgan fingerprint density at radius 2 is 1.95 bits per heavy atom. The number of carbonyl (C=O) groups excluding carboxylic acids is 1. The predicted octanol–water partition coefficient (Wildman–Crippen LogP) is 1.81. The van der Waals surface area contributed by atoms with Crippen molar-refractivity contribution in [2.24, 2.45) is 17.6 Å². The number of carbonyl (C=O) groups is 1. The van der Waals surface area contributed by atoms with Gasteiger partial charge in [-0.1, -0.05) is 26.7 Å². The molecule has 1 aliphatic carbocycles. The van der Waals surface area contributed by atoms with E-state index >= 15 is 0 Å². The van der Waals surface area contributed by atoms with E-state index in [-0.39, 0.29) is 18.1 Å². The second-order valence-corrected chi connectivity index (χ2v) is 6.31. The first-order valence-corrected chi connectivity index (χ1v) is 7.65. The third-order valence-electron chi connectivity index (χ3n) is 4.49. The van der Waals surface area contributed by atoms with Gasteiger partial charge in [-0.15, -0.1) is 0 Å². The lowest BCUT2D eigenvalue weighted by atomic mass is 9.88. The third kappa shape index (κ3) is 5.11. The lowest BCUT2D eigenvalue weighted by Gasteiger charge is -2.28. The van der Waals surface area contributed by atoms with Gasteiger partial charge < -0.3 is 16.2 Å². The highest BCUT2D eigenvalue weighted by Gasteiger charge is 2.34. The minimum absolute atomic E-state index is 0.0646. The fraction of sp³-hybridized carbons (Fsp3) is 0.933. The summed E-state index contributed by atoms with van der Waals surface area (Å²) in [5.74, 6) is 1.16. The molecule has 1 rings (SSSR count). The molecule has 4 N–H and O–H groups in total. The second kappa shape index (κ2) is 7.85. The van der Waals surface area contributed by atoms with Gasteiger partial charge in [0.1, 0.15) is 0 Å². The van der Waals surface area contributed by atoms with Gasteiger partial charge in [-0.2, -0.15) is 0 Å². The summed E-state index contributed by atoms with van der Waals surface area (Å²) in [6, 6.07) is 0. The van der Waals surface area contributed by atoms with Crippen LogP contribution < -0.4 is 11.1 Å². The van der Waals surface area contributed by atoms with Crippen LogP contribution >= 0.6 is 0 Å². The molecule has 0 spiro atoms. The fourth-order valence-corrected chi connectivity index (χ4v) is 3.07. The first-order chi connectivity index (χ1) is 9.03. The van der Waals surface area contributed by atoms with E-state index in [2.05, 4.69) is 19.2 Å². The average molecular weight is 270 g/mol. The van der Waals surface area contributed by atoms with E-state index in [1.165, 1.54) is 0 Å².